The first-order valence-electron chi connectivity index (χ1n) is 7.39. The molecule has 1 unspecified atom stereocenters. The number of aromatic nitrogens is 1. The molecule has 1 aromatic heterocycles. The van der Waals surface area contributed by atoms with Gasteiger partial charge in [0, 0.05) is 0 Å². The van der Waals surface area contributed by atoms with Crippen LogP contribution in [0, 0.1) is 0 Å². The monoisotopic (exact) mass is 377 g/mol. The Morgan fingerprint density at radius 1 is 1.04 bits per heavy atom. The van der Waals surface area contributed by atoms with Gasteiger partial charge < -0.3 is 24.8 Å². The molecule has 0 saturated carbocycles. The Bertz CT molecular complexity index is 772. The van der Waals surface area contributed by atoms with Gasteiger partial charge in [-0.05, 0) is 0 Å². The van der Waals surface area contributed by atoms with Crippen LogP contribution in [0.4, 0.5) is 0 Å². The molecule has 0 saturated heterocycles. The summed E-state index contributed by atoms with van der Waals surface area (Å²) in [5.74, 6) is 0. The van der Waals surface area contributed by atoms with Crippen molar-refractivity contribution in [3.8, 4) is 0 Å². The van der Waals surface area contributed by atoms with Crippen LogP contribution in [0.1, 0.15) is 28.7 Å². The Kier molecular flexibility index (Phi) is 6.16. The second kappa shape index (κ2) is 7.72. The molecular formula is C19H17Cl2NTi. The third-order valence-electron chi connectivity index (χ3n) is 4.29. The molecule has 23 heavy (non-hydrogen) atoms. The van der Waals surface area contributed by atoms with Gasteiger partial charge in [-0.25, -0.2) is 0 Å². The second-order valence-corrected chi connectivity index (χ2v) is 7.93. The SMILES string of the molecule is CC1=[C]([Ti+2][CH]2C(n3cccc3)=Cc3ccccc32)CC=C1.[Cl-].[Cl-]. The molecule has 0 bridgehead atoms. The topological polar surface area (TPSA) is 4.93 Å². The summed E-state index contributed by atoms with van der Waals surface area (Å²) in [5, 5.41) is 0. The fourth-order valence-electron chi connectivity index (χ4n) is 3.15. The van der Waals surface area contributed by atoms with E-state index in [0.717, 1.165) is 0 Å². The Hall–Kier alpha value is -0.986. The molecule has 1 heterocycles. The Morgan fingerprint density at radius 2 is 1.78 bits per heavy atom. The van der Waals surface area contributed by atoms with Crippen molar-refractivity contribution in [1.29, 1.82) is 0 Å². The zero-order chi connectivity index (χ0) is 14.2. The first-order valence-corrected chi connectivity index (χ1v) is 9.08. The summed E-state index contributed by atoms with van der Waals surface area (Å²) in [7, 11) is 0. The van der Waals surface area contributed by atoms with Crippen molar-refractivity contribution in [2.45, 2.75) is 17.6 Å². The molecule has 0 radical (unpaired) electrons. The normalized spacial score (nSPS) is 18.0. The third kappa shape index (κ3) is 3.44. The molecule has 1 aromatic carbocycles. The molecule has 2 aromatic rings. The Morgan fingerprint density at radius 3 is 2.48 bits per heavy atom. The van der Waals surface area contributed by atoms with Crippen molar-refractivity contribution in [3.05, 3.63) is 81.5 Å². The Balaban J connectivity index is 0.000000960. The van der Waals surface area contributed by atoms with Gasteiger partial charge in [0.1, 0.15) is 0 Å². The number of nitrogens with zero attached hydrogens (tertiary/aromatic N) is 1. The van der Waals surface area contributed by atoms with E-state index in [9.17, 15) is 0 Å². The van der Waals surface area contributed by atoms with Crippen molar-refractivity contribution in [2.24, 2.45) is 0 Å². The van der Waals surface area contributed by atoms with E-state index in [4.69, 9.17) is 0 Å². The number of allylic oxidation sites excluding steroid dienone is 5. The average Bonchev–Trinajstić information content (AvgIpc) is 3.21. The molecule has 0 fully saturated rings. The van der Waals surface area contributed by atoms with Crippen LogP contribution in [0.3, 0.4) is 0 Å². The quantitative estimate of drug-likeness (QED) is 0.596. The molecule has 2 aliphatic rings. The van der Waals surface area contributed by atoms with Crippen LogP contribution in [-0.4, -0.2) is 4.57 Å². The number of benzene rings is 1. The first-order chi connectivity index (χ1) is 10.3. The van der Waals surface area contributed by atoms with E-state index in [2.05, 4.69) is 78.5 Å². The van der Waals surface area contributed by atoms with Gasteiger partial charge in [-0.2, -0.15) is 0 Å². The Labute approximate surface area is 158 Å². The van der Waals surface area contributed by atoms with Crippen molar-refractivity contribution in [1.82, 2.24) is 4.57 Å². The predicted molar refractivity (Wildman–Crippen MR) is 84.2 cm³/mol. The third-order valence-corrected chi connectivity index (χ3v) is 7.17. The van der Waals surface area contributed by atoms with Crippen molar-refractivity contribution in [2.75, 3.05) is 0 Å². The number of rotatable bonds is 3. The molecule has 0 spiro atoms. The maximum absolute atomic E-state index is 2.38. The summed E-state index contributed by atoms with van der Waals surface area (Å²) >= 11 is -0.188. The maximum Gasteiger partial charge on any atom is -1.00 e. The fourth-order valence-corrected chi connectivity index (χ4v) is 5.80. The van der Waals surface area contributed by atoms with Crippen molar-refractivity contribution < 1.29 is 44.0 Å². The minimum absolute atomic E-state index is 0. The summed E-state index contributed by atoms with van der Waals surface area (Å²) in [6, 6.07) is 13.1. The maximum atomic E-state index is 2.38. The van der Waals surface area contributed by atoms with Crippen LogP contribution in [0.25, 0.3) is 11.8 Å². The van der Waals surface area contributed by atoms with Crippen LogP contribution in [-0.2, 0) is 19.2 Å². The first kappa shape index (κ1) is 18.4. The minimum atomic E-state index is -0.188. The van der Waals surface area contributed by atoms with Gasteiger partial charge in [-0.3, -0.25) is 0 Å². The van der Waals surface area contributed by atoms with E-state index in [-0.39, 0.29) is 44.0 Å². The number of halogens is 2. The molecule has 2 aliphatic carbocycles. The van der Waals surface area contributed by atoms with Gasteiger partial charge in [0.2, 0.25) is 0 Å². The number of hydrogen-bond donors (Lipinski definition) is 0. The summed E-state index contributed by atoms with van der Waals surface area (Å²) < 4.78 is 4.60. The largest absolute Gasteiger partial charge is 1.00 e. The summed E-state index contributed by atoms with van der Waals surface area (Å²) in [4.78, 5) is 0. The minimum Gasteiger partial charge on any atom is -1.00 e. The molecule has 1 atom stereocenters. The van der Waals surface area contributed by atoms with E-state index in [1.165, 1.54) is 28.8 Å². The van der Waals surface area contributed by atoms with Crippen LogP contribution in [0.5, 0.6) is 0 Å². The summed E-state index contributed by atoms with van der Waals surface area (Å²) in [5.41, 5.74) is 5.88. The van der Waals surface area contributed by atoms with Gasteiger partial charge in [0.25, 0.3) is 0 Å². The molecule has 4 heteroatoms. The van der Waals surface area contributed by atoms with Gasteiger partial charge in [0.15, 0.2) is 0 Å². The zero-order valence-electron chi connectivity index (χ0n) is 12.8. The van der Waals surface area contributed by atoms with E-state index >= 15 is 0 Å². The fraction of sp³-hybridized carbons (Fsp3) is 0.158. The molecule has 116 valence electrons. The molecule has 0 N–H and O–H groups in total. The van der Waals surface area contributed by atoms with Crippen LogP contribution in [0.15, 0.2) is 70.4 Å². The molecule has 0 aliphatic heterocycles. The van der Waals surface area contributed by atoms with Crippen molar-refractivity contribution >= 4 is 11.8 Å². The number of hydrogen-bond acceptors (Lipinski definition) is 0. The predicted octanol–water partition coefficient (Wildman–Crippen LogP) is -1.13. The molecular weight excluding hydrogens is 361 g/mol. The van der Waals surface area contributed by atoms with Crippen molar-refractivity contribution in [3.63, 3.8) is 0 Å². The van der Waals surface area contributed by atoms with Gasteiger partial charge in [-0.1, -0.05) is 0 Å². The second-order valence-electron chi connectivity index (χ2n) is 5.63. The van der Waals surface area contributed by atoms with E-state index in [1.54, 1.807) is 3.88 Å². The zero-order valence-corrected chi connectivity index (χ0v) is 15.9. The molecule has 4 rings (SSSR count). The average molecular weight is 378 g/mol. The van der Waals surface area contributed by atoms with Crippen LogP contribution < -0.4 is 24.8 Å². The summed E-state index contributed by atoms with van der Waals surface area (Å²) in [6.45, 7) is 2.27. The smallest absolute Gasteiger partial charge is 1.00 e. The van der Waals surface area contributed by atoms with Gasteiger partial charge in [-0.15, -0.1) is 0 Å². The van der Waals surface area contributed by atoms with E-state index in [1.807, 2.05) is 0 Å². The molecule has 1 nitrogen and oxygen atoms in total. The van der Waals surface area contributed by atoms with Gasteiger partial charge >= 0.3 is 135 Å². The number of fused-ring (bicyclic) bond motifs is 1. The van der Waals surface area contributed by atoms with E-state index in [0.29, 0.717) is 4.22 Å². The summed E-state index contributed by atoms with van der Waals surface area (Å²) in [6.07, 6.45) is 12.5. The van der Waals surface area contributed by atoms with Crippen LogP contribution >= 0.6 is 0 Å². The van der Waals surface area contributed by atoms with Crippen LogP contribution in [0.2, 0.25) is 0 Å². The van der Waals surface area contributed by atoms with E-state index < -0.39 is 0 Å². The molecule has 0 amide bonds. The van der Waals surface area contributed by atoms with Gasteiger partial charge in [0.05, 0.1) is 0 Å². The standard InChI is InChI=1S/C13H10N.C6H7.2ClH.Ti/c1-2-6-12-10-13(9-11(12)5-1)14-7-3-4-8-14;1-6-4-2-3-5-6;;;/h1-10H;2,4H,3H2,1H3;2*1H;/q;;;;+2/p-2.